The van der Waals surface area contributed by atoms with Crippen LogP contribution in [0.5, 0.6) is 11.5 Å². The van der Waals surface area contributed by atoms with E-state index in [4.69, 9.17) is 37.4 Å². The molecule has 9 heteroatoms. The minimum atomic E-state index is -0.385. The summed E-state index contributed by atoms with van der Waals surface area (Å²) in [7, 11) is 0. The van der Waals surface area contributed by atoms with Crippen molar-refractivity contribution < 1.29 is 18.6 Å². The van der Waals surface area contributed by atoms with Crippen LogP contribution in [0.2, 0.25) is 10.0 Å². The fourth-order valence-electron chi connectivity index (χ4n) is 3.80. The summed E-state index contributed by atoms with van der Waals surface area (Å²) in [6.45, 7) is 6.24. The number of hydrogen-bond acceptors (Lipinski definition) is 5. The summed E-state index contributed by atoms with van der Waals surface area (Å²) in [6, 6.07) is 14.2. The van der Waals surface area contributed by atoms with Gasteiger partial charge in [-0.3, -0.25) is 0 Å². The van der Waals surface area contributed by atoms with E-state index in [0.29, 0.717) is 53.5 Å². The van der Waals surface area contributed by atoms with Gasteiger partial charge in [0.05, 0.1) is 40.0 Å². The highest BCUT2D eigenvalue weighted by Crippen LogP contribution is 2.38. The Morgan fingerprint density at radius 1 is 1.03 bits per heavy atom. The summed E-state index contributed by atoms with van der Waals surface area (Å²) in [6.07, 6.45) is 0. The minimum absolute atomic E-state index is 0.184. The van der Waals surface area contributed by atoms with Crippen LogP contribution in [-0.4, -0.2) is 32.9 Å². The molecule has 0 aliphatic carbocycles. The Bertz CT molecular complexity index is 1180. The highest BCUT2D eigenvalue weighted by molar-refractivity contribution is 9.10. The lowest BCUT2D eigenvalue weighted by molar-refractivity contribution is 0.122. The largest absolute Gasteiger partial charge is 0.490 e. The molecule has 35 heavy (non-hydrogen) atoms. The van der Waals surface area contributed by atoms with Gasteiger partial charge in [-0.15, -0.1) is 0 Å². The van der Waals surface area contributed by atoms with E-state index in [1.807, 2.05) is 37.3 Å². The van der Waals surface area contributed by atoms with Gasteiger partial charge in [0.25, 0.3) is 0 Å². The molecule has 0 aromatic heterocycles. The molecular formula is C26H26BrCl2FN2O3. The van der Waals surface area contributed by atoms with Crippen molar-refractivity contribution in [2.75, 3.05) is 43.1 Å². The Hall–Kier alpha value is -2.19. The van der Waals surface area contributed by atoms with Crippen molar-refractivity contribution in [3.63, 3.8) is 0 Å². The molecule has 186 valence electrons. The predicted octanol–water partition coefficient (Wildman–Crippen LogP) is 7.32. The molecule has 3 aromatic rings. The lowest BCUT2D eigenvalue weighted by Gasteiger charge is -2.29. The number of halogens is 4. The summed E-state index contributed by atoms with van der Waals surface area (Å²) in [5.41, 5.74) is 3.63. The van der Waals surface area contributed by atoms with Crippen LogP contribution in [-0.2, 0) is 17.9 Å². The number of morpholine rings is 1. The van der Waals surface area contributed by atoms with Crippen LogP contribution in [0.4, 0.5) is 15.8 Å². The lowest BCUT2D eigenvalue weighted by Crippen LogP contribution is -2.36. The van der Waals surface area contributed by atoms with Crippen LogP contribution in [0.3, 0.4) is 0 Å². The molecule has 0 bridgehead atoms. The molecule has 1 N–H and O–H groups in total. The van der Waals surface area contributed by atoms with E-state index in [2.05, 4.69) is 26.1 Å². The van der Waals surface area contributed by atoms with Crippen LogP contribution >= 0.6 is 39.1 Å². The second-order valence-corrected chi connectivity index (χ2v) is 9.65. The smallest absolute Gasteiger partial charge is 0.175 e. The first-order valence-corrected chi connectivity index (χ1v) is 12.9. The van der Waals surface area contributed by atoms with E-state index in [1.54, 1.807) is 6.07 Å². The number of anilines is 2. The van der Waals surface area contributed by atoms with Crippen molar-refractivity contribution in [1.29, 1.82) is 0 Å². The molecular weight excluding hydrogens is 558 g/mol. The molecule has 1 aliphatic rings. The number of nitrogens with zero attached hydrogens (tertiary/aromatic N) is 1. The van der Waals surface area contributed by atoms with Gasteiger partial charge >= 0.3 is 0 Å². The van der Waals surface area contributed by atoms with E-state index in [1.165, 1.54) is 12.1 Å². The van der Waals surface area contributed by atoms with Gasteiger partial charge in [0, 0.05) is 30.9 Å². The molecule has 0 atom stereocenters. The van der Waals surface area contributed by atoms with E-state index in [0.717, 1.165) is 34.5 Å². The van der Waals surface area contributed by atoms with Gasteiger partial charge in [0.15, 0.2) is 11.5 Å². The van der Waals surface area contributed by atoms with E-state index >= 15 is 0 Å². The average molecular weight is 584 g/mol. The Balaban J connectivity index is 1.45. The third kappa shape index (κ3) is 6.73. The normalized spacial score (nSPS) is 13.6. The summed E-state index contributed by atoms with van der Waals surface area (Å²) >= 11 is 16.3. The number of ether oxygens (including phenoxy) is 3. The number of hydrogen-bond donors (Lipinski definition) is 1. The minimum Gasteiger partial charge on any atom is -0.490 e. The molecule has 1 fully saturated rings. The van der Waals surface area contributed by atoms with Gasteiger partial charge in [-0.1, -0.05) is 29.3 Å². The zero-order valence-corrected chi connectivity index (χ0v) is 22.4. The van der Waals surface area contributed by atoms with Gasteiger partial charge < -0.3 is 24.4 Å². The van der Waals surface area contributed by atoms with Gasteiger partial charge in [0.2, 0.25) is 0 Å². The molecule has 4 rings (SSSR count). The van der Waals surface area contributed by atoms with Crippen molar-refractivity contribution in [1.82, 2.24) is 0 Å². The standard InChI is InChI=1S/C26H26BrCl2FN2O3/c1-2-34-25-12-17(11-21(27)26(25)35-16-18-3-4-19(30)13-22(18)28)15-31-20-5-6-24(23(29)14-20)32-7-9-33-10-8-32/h3-6,11-14,31H,2,7-10,15-16H2,1H3. The van der Waals surface area contributed by atoms with Crippen molar-refractivity contribution in [3.05, 3.63) is 80.0 Å². The summed E-state index contributed by atoms with van der Waals surface area (Å²) in [5.74, 6) is 0.787. The third-order valence-corrected chi connectivity index (χ3v) is 6.80. The monoisotopic (exact) mass is 582 g/mol. The molecule has 0 radical (unpaired) electrons. The molecule has 5 nitrogen and oxygen atoms in total. The van der Waals surface area contributed by atoms with Gasteiger partial charge in [0.1, 0.15) is 12.4 Å². The van der Waals surface area contributed by atoms with Crippen molar-refractivity contribution in [2.45, 2.75) is 20.1 Å². The molecule has 0 spiro atoms. The van der Waals surface area contributed by atoms with E-state index in [-0.39, 0.29) is 12.4 Å². The first kappa shape index (κ1) is 25.9. The summed E-state index contributed by atoms with van der Waals surface area (Å²) in [5, 5.41) is 4.44. The van der Waals surface area contributed by atoms with Crippen LogP contribution in [0.1, 0.15) is 18.1 Å². The number of nitrogens with one attached hydrogen (secondary N) is 1. The Kier molecular flexibility index (Phi) is 9.00. The first-order chi connectivity index (χ1) is 16.9. The van der Waals surface area contributed by atoms with Crippen LogP contribution in [0.15, 0.2) is 53.0 Å². The third-order valence-electron chi connectivity index (χ3n) is 5.55. The van der Waals surface area contributed by atoms with Crippen molar-refractivity contribution in [3.8, 4) is 11.5 Å². The Labute approximate surface area is 223 Å². The van der Waals surface area contributed by atoms with E-state index < -0.39 is 0 Å². The Morgan fingerprint density at radius 3 is 2.54 bits per heavy atom. The van der Waals surface area contributed by atoms with Crippen LogP contribution in [0, 0.1) is 5.82 Å². The second kappa shape index (κ2) is 12.2. The van der Waals surface area contributed by atoms with E-state index in [9.17, 15) is 4.39 Å². The quantitative estimate of drug-likeness (QED) is 0.286. The maximum absolute atomic E-state index is 13.3. The molecule has 0 amide bonds. The van der Waals surface area contributed by atoms with Gasteiger partial charge in [-0.25, -0.2) is 4.39 Å². The Morgan fingerprint density at radius 2 is 1.83 bits per heavy atom. The zero-order chi connectivity index (χ0) is 24.8. The van der Waals surface area contributed by atoms with Crippen molar-refractivity contribution >= 4 is 50.5 Å². The van der Waals surface area contributed by atoms with Crippen LogP contribution < -0.4 is 19.7 Å². The molecule has 1 heterocycles. The second-order valence-electron chi connectivity index (χ2n) is 7.98. The first-order valence-electron chi connectivity index (χ1n) is 11.3. The number of benzene rings is 3. The maximum Gasteiger partial charge on any atom is 0.175 e. The lowest BCUT2D eigenvalue weighted by atomic mass is 10.2. The zero-order valence-electron chi connectivity index (χ0n) is 19.3. The maximum atomic E-state index is 13.3. The van der Waals surface area contributed by atoms with Crippen molar-refractivity contribution in [2.24, 2.45) is 0 Å². The topological polar surface area (TPSA) is 43.0 Å². The number of rotatable bonds is 9. The molecule has 0 unspecified atom stereocenters. The molecule has 1 aliphatic heterocycles. The summed E-state index contributed by atoms with van der Waals surface area (Å²) < 4.78 is 31.3. The highest BCUT2D eigenvalue weighted by atomic mass is 79.9. The fraction of sp³-hybridized carbons (Fsp3) is 0.308. The predicted molar refractivity (Wildman–Crippen MR) is 143 cm³/mol. The highest BCUT2D eigenvalue weighted by Gasteiger charge is 2.16. The molecule has 1 saturated heterocycles. The fourth-order valence-corrected chi connectivity index (χ4v) is 4.92. The SMILES string of the molecule is CCOc1cc(CNc2ccc(N3CCOCC3)c(Cl)c2)cc(Br)c1OCc1ccc(F)cc1Cl. The van der Waals surface area contributed by atoms with Gasteiger partial charge in [-0.2, -0.15) is 0 Å². The molecule has 0 saturated carbocycles. The summed E-state index contributed by atoms with van der Waals surface area (Å²) in [4.78, 5) is 2.24. The van der Waals surface area contributed by atoms with Gasteiger partial charge in [-0.05, 0) is 70.9 Å². The molecule has 3 aromatic carbocycles. The van der Waals surface area contributed by atoms with Crippen LogP contribution in [0.25, 0.3) is 0 Å². The average Bonchev–Trinajstić information content (AvgIpc) is 2.84.